The molecule has 0 spiro atoms. The van der Waals surface area contributed by atoms with Crippen LogP contribution in [0.3, 0.4) is 0 Å². The Bertz CT molecular complexity index is 409. The van der Waals surface area contributed by atoms with Gasteiger partial charge in [-0.15, -0.1) is 0 Å². The van der Waals surface area contributed by atoms with E-state index in [4.69, 9.17) is 0 Å². The molecule has 0 amide bonds. The molecule has 1 aliphatic rings. The van der Waals surface area contributed by atoms with Crippen molar-refractivity contribution in [1.29, 1.82) is 0 Å². The zero-order valence-corrected chi connectivity index (χ0v) is 7.93. The molecule has 0 aromatic carbocycles. The summed E-state index contributed by atoms with van der Waals surface area (Å²) in [6, 6.07) is 3.92. The van der Waals surface area contributed by atoms with Gasteiger partial charge in [-0.3, -0.25) is 9.99 Å². The number of fused-ring (bicyclic) bond motifs is 1. The van der Waals surface area contributed by atoms with E-state index in [1.807, 2.05) is 23.1 Å². The summed E-state index contributed by atoms with van der Waals surface area (Å²) in [6.45, 7) is 2.21. The highest BCUT2D eigenvalue weighted by molar-refractivity contribution is 5.72. The van der Waals surface area contributed by atoms with Crippen LogP contribution in [0.15, 0.2) is 24.5 Å². The molecule has 0 saturated carbocycles. The molecule has 2 aromatic heterocycles. The van der Waals surface area contributed by atoms with Crippen LogP contribution in [0.5, 0.6) is 0 Å². The molecule has 2 aromatic rings. The number of nitrogens with zero attached hydrogens (tertiary/aromatic N) is 4. The van der Waals surface area contributed by atoms with E-state index in [0.29, 0.717) is 0 Å². The average Bonchev–Trinajstić information content (AvgIpc) is 2.86. The molecule has 0 radical (unpaired) electrons. The maximum atomic E-state index is 4.47. The molecule has 1 aliphatic heterocycles. The topological polar surface area (TPSA) is 34.0 Å². The Hall–Kier alpha value is -1.58. The number of hydrogen-bond acceptors (Lipinski definition) is 3. The minimum Gasteiger partial charge on any atom is -0.297 e. The normalized spacial score (nSPS) is 16.7. The van der Waals surface area contributed by atoms with Crippen LogP contribution in [-0.2, 0) is 0 Å². The van der Waals surface area contributed by atoms with Crippen molar-refractivity contribution in [3.63, 3.8) is 0 Å². The van der Waals surface area contributed by atoms with Gasteiger partial charge < -0.3 is 0 Å². The summed E-state index contributed by atoms with van der Waals surface area (Å²) in [5, 5.41) is 6.73. The third kappa shape index (κ3) is 1.14. The second kappa shape index (κ2) is 2.97. The smallest absolute Gasteiger partial charge is 0.113 e. The van der Waals surface area contributed by atoms with E-state index in [-0.39, 0.29) is 0 Å². The molecule has 3 rings (SSSR count). The number of rotatable bonds is 1. The van der Waals surface area contributed by atoms with E-state index in [1.165, 1.54) is 12.8 Å². The van der Waals surface area contributed by atoms with Gasteiger partial charge in [0.05, 0.1) is 6.20 Å². The van der Waals surface area contributed by atoms with Crippen molar-refractivity contribution in [2.45, 2.75) is 12.8 Å². The van der Waals surface area contributed by atoms with Crippen LogP contribution in [0.4, 0.5) is 0 Å². The summed E-state index contributed by atoms with van der Waals surface area (Å²) in [4.78, 5) is 6.20. The Morgan fingerprint density at radius 3 is 2.79 bits per heavy atom. The van der Waals surface area contributed by atoms with Gasteiger partial charge in [0.25, 0.3) is 0 Å². The van der Waals surface area contributed by atoms with Crippen molar-refractivity contribution >= 4 is 11.0 Å². The van der Waals surface area contributed by atoms with E-state index < -0.39 is 0 Å². The van der Waals surface area contributed by atoms with Crippen LogP contribution in [0, 0.1) is 0 Å². The Balaban J connectivity index is 2.05. The van der Waals surface area contributed by atoms with Gasteiger partial charge in [-0.1, -0.05) is 0 Å². The standard InChI is InChI=1S/C10H12N4/c1-2-7-13(6-1)14-8-10-9(12-14)4-3-5-11-10/h3-5,8H,1-2,6-7H2. The van der Waals surface area contributed by atoms with Gasteiger partial charge in [-0.2, -0.15) is 9.89 Å². The van der Waals surface area contributed by atoms with E-state index in [9.17, 15) is 0 Å². The van der Waals surface area contributed by atoms with Gasteiger partial charge in [0, 0.05) is 19.3 Å². The van der Waals surface area contributed by atoms with Crippen LogP contribution < -0.4 is 5.01 Å². The zero-order chi connectivity index (χ0) is 9.38. The fourth-order valence-electron chi connectivity index (χ4n) is 1.89. The van der Waals surface area contributed by atoms with Crippen LogP contribution in [0.1, 0.15) is 12.8 Å². The number of hydrogen-bond donors (Lipinski definition) is 0. The Labute approximate surface area is 82.1 Å². The van der Waals surface area contributed by atoms with E-state index in [0.717, 1.165) is 24.1 Å². The van der Waals surface area contributed by atoms with Gasteiger partial charge in [-0.05, 0) is 25.0 Å². The van der Waals surface area contributed by atoms with Crippen molar-refractivity contribution in [2.24, 2.45) is 0 Å². The summed E-state index contributed by atoms with van der Waals surface area (Å²) >= 11 is 0. The summed E-state index contributed by atoms with van der Waals surface area (Å²) < 4.78 is 0. The molecule has 72 valence electrons. The first-order chi connectivity index (χ1) is 6.93. The molecule has 0 aliphatic carbocycles. The number of aromatic nitrogens is 3. The largest absolute Gasteiger partial charge is 0.297 e. The van der Waals surface area contributed by atoms with Crippen molar-refractivity contribution in [3.05, 3.63) is 24.5 Å². The molecule has 1 saturated heterocycles. The lowest BCUT2D eigenvalue weighted by Gasteiger charge is -2.16. The molecule has 4 heteroatoms. The summed E-state index contributed by atoms with van der Waals surface area (Å²) in [5.74, 6) is 0. The quantitative estimate of drug-likeness (QED) is 0.673. The lowest BCUT2D eigenvalue weighted by atomic mass is 10.4. The van der Waals surface area contributed by atoms with Crippen molar-refractivity contribution in [1.82, 2.24) is 14.9 Å². The minimum absolute atomic E-state index is 0.972. The third-order valence-corrected chi connectivity index (χ3v) is 2.64. The summed E-state index contributed by atoms with van der Waals surface area (Å²) in [7, 11) is 0. The van der Waals surface area contributed by atoms with Gasteiger partial charge in [-0.25, -0.2) is 0 Å². The molecule has 4 nitrogen and oxygen atoms in total. The molecule has 1 fully saturated rings. The van der Waals surface area contributed by atoms with Gasteiger partial charge in [0.15, 0.2) is 0 Å². The molecular formula is C10H12N4. The highest BCUT2D eigenvalue weighted by Gasteiger charge is 2.13. The van der Waals surface area contributed by atoms with Crippen LogP contribution in [-0.4, -0.2) is 28.0 Å². The van der Waals surface area contributed by atoms with Gasteiger partial charge in [0.1, 0.15) is 11.0 Å². The number of pyridine rings is 1. The third-order valence-electron chi connectivity index (χ3n) is 2.64. The minimum atomic E-state index is 0.972. The van der Waals surface area contributed by atoms with Gasteiger partial charge in [0.2, 0.25) is 0 Å². The van der Waals surface area contributed by atoms with Crippen molar-refractivity contribution in [2.75, 3.05) is 18.1 Å². The lowest BCUT2D eigenvalue weighted by molar-refractivity contribution is 0.595. The summed E-state index contributed by atoms with van der Waals surface area (Å²) in [6.07, 6.45) is 6.34. The molecular weight excluding hydrogens is 176 g/mol. The van der Waals surface area contributed by atoms with Crippen LogP contribution >= 0.6 is 0 Å². The first-order valence-electron chi connectivity index (χ1n) is 4.99. The second-order valence-corrected chi connectivity index (χ2v) is 3.62. The Kier molecular flexibility index (Phi) is 1.65. The van der Waals surface area contributed by atoms with Gasteiger partial charge >= 0.3 is 0 Å². The van der Waals surface area contributed by atoms with E-state index >= 15 is 0 Å². The molecule has 14 heavy (non-hydrogen) atoms. The van der Waals surface area contributed by atoms with Crippen molar-refractivity contribution in [3.8, 4) is 0 Å². The molecule has 0 atom stereocenters. The maximum Gasteiger partial charge on any atom is 0.113 e. The fraction of sp³-hybridized carbons (Fsp3) is 0.400. The van der Waals surface area contributed by atoms with Crippen LogP contribution in [0.2, 0.25) is 0 Å². The monoisotopic (exact) mass is 188 g/mol. The van der Waals surface area contributed by atoms with Crippen molar-refractivity contribution < 1.29 is 0 Å². The summed E-state index contributed by atoms with van der Waals surface area (Å²) in [5.41, 5.74) is 1.94. The lowest BCUT2D eigenvalue weighted by Crippen LogP contribution is -2.31. The second-order valence-electron chi connectivity index (χ2n) is 3.62. The Morgan fingerprint density at radius 2 is 2.00 bits per heavy atom. The maximum absolute atomic E-state index is 4.47. The molecule has 3 heterocycles. The average molecular weight is 188 g/mol. The Morgan fingerprint density at radius 1 is 1.14 bits per heavy atom. The van der Waals surface area contributed by atoms with Crippen LogP contribution in [0.25, 0.3) is 11.0 Å². The van der Waals surface area contributed by atoms with E-state index in [2.05, 4.69) is 15.1 Å². The predicted octanol–water partition coefficient (Wildman–Crippen LogP) is 1.16. The zero-order valence-electron chi connectivity index (χ0n) is 7.93. The highest BCUT2D eigenvalue weighted by Crippen LogP contribution is 2.11. The first-order valence-corrected chi connectivity index (χ1v) is 4.99. The molecule has 0 bridgehead atoms. The fourth-order valence-corrected chi connectivity index (χ4v) is 1.89. The molecule has 0 unspecified atom stereocenters. The first kappa shape index (κ1) is 7.79. The molecule has 0 N–H and O–H groups in total. The highest BCUT2D eigenvalue weighted by atomic mass is 15.7. The SMILES string of the molecule is c1cnc2cn(N3CCCC3)nc2c1. The van der Waals surface area contributed by atoms with E-state index in [1.54, 1.807) is 6.20 Å². The predicted molar refractivity (Wildman–Crippen MR) is 54.7 cm³/mol.